The van der Waals surface area contributed by atoms with Crippen LogP contribution in [0.5, 0.6) is 0 Å². The molecule has 0 unspecified atom stereocenters. The lowest BCUT2D eigenvalue weighted by molar-refractivity contribution is 0.0600. The number of nitrogens with one attached hydrogen (secondary N) is 2. The van der Waals surface area contributed by atoms with Gasteiger partial charge in [-0.05, 0) is 35.7 Å². The third-order valence-electron chi connectivity index (χ3n) is 3.70. The number of carbonyl (C=O) groups is 1. The highest BCUT2D eigenvalue weighted by molar-refractivity contribution is 14.0. The number of ether oxygens (including phenoxy) is 1. The van der Waals surface area contributed by atoms with E-state index in [1.165, 1.54) is 7.11 Å². The molecule has 5 nitrogen and oxygen atoms in total. The Morgan fingerprint density at radius 2 is 1.81 bits per heavy atom. The van der Waals surface area contributed by atoms with Gasteiger partial charge in [0.2, 0.25) is 0 Å². The van der Waals surface area contributed by atoms with Crippen molar-refractivity contribution in [1.29, 1.82) is 0 Å². The molecular formula is C19H23ClIN3O2. The molecule has 0 aliphatic carbocycles. The van der Waals surface area contributed by atoms with Gasteiger partial charge in [-0.1, -0.05) is 41.9 Å². The van der Waals surface area contributed by atoms with Crippen molar-refractivity contribution in [2.24, 2.45) is 4.99 Å². The van der Waals surface area contributed by atoms with Gasteiger partial charge >= 0.3 is 5.97 Å². The van der Waals surface area contributed by atoms with Gasteiger partial charge in [-0.15, -0.1) is 24.0 Å². The zero-order chi connectivity index (χ0) is 18.1. The number of benzene rings is 2. The SMILES string of the molecule is CN=C(NCCc1ccccc1Cl)NCc1ccc(C(=O)OC)cc1.I. The molecule has 0 aliphatic rings. The van der Waals surface area contributed by atoms with Crippen molar-refractivity contribution in [3.05, 3.63) is 70.2 Å². The lowest BCUT2D eigenvalue weighted by atomic mass is 10.1. The highest BCUT2D eigenvalue weighted by atomic mass is 127. The third-order valence-corrected chi connectivity index (χ3v) is 4.07. The van der Waals surface area contributed by atoms with E-state index in [2.05, 4.69) is 20.4 Å². The molecule has 2 aromatic rings. The Morgan fingerprint density at radius 1 is 1.12 bits per heavy atom. The largest absolute Gasteiger partial charge is 0.465 e. The maximum Gasteiger partial charge on any atom is 0.337 e. The molecule has 140 valence electrons. The Hall–Kier alpha value is -1.80. The minimum atomic E-state index is -0.337. The average molecular weight is 488 g/mol. The number of rotatable bonds is 6. The molecule has 0 aromatic heterocycles. The van der Waals surface area contributed by atoms with Crippen LogP contribution in [0.25, 0.3) is 0 Å². The minimum absolute atomic E-state index is 0. The van der Waals surface area contributed by atoms with Crippen molar-refractivity contribution in [2.75, 3.05) is 20.7 Å². The Bertz CT molecular complexity index is 736. The third kappa shape index (κ3) is 6.84. The first-order chi connectivity index (χ1) is 12.1. The summed E-state index contributed by atoms with van der Waals surface area (Å²) in [4.78, 5) is 15.6. The predicted molar refractivity (Wildman–Crippen MR) is 117 cm³/mol. The van der Waals surface area contributed by atoms with Gasteiger partial charge in [-0.2, -0.15) is 0 Å². The minimum Gasteiger partial charge on any atom is -0.465 e. The van der Waals surface area contributed by atoms with E-state index in [0.717, 1.165) is 29.1 Å². The van der Waals surface area contributed by atoms with Crippen molar-refractivity contribution >= 4 is 47.5 Å². The number of halogens is 2. The second kappa shape index (κ2) is 11.7. The van der Waals surface area contributed by atoms with E-state index < -0.39 is 0 Å². The summed E-state index contributed by atoms with van der Waals surface area (Å²) < 4.78 is 4.69. The number of aliphatic imine (C=N–C) groups is 1. The number of esters is 1. The van der Waals surface area contributed by atoms with Gasteiger partial charge in [0, 0.05) is 25.2 Å². The van der Waals surface area contributed by atoms with Crippen molar-refractivity contribution in [3.63, 3.8) is 0 Å². The Balaban J connectivity index is 0.00000338. The van der Waals surface area contributed by atoms with Gasteiger partial charge in [-0.3, -0.25) is 4.99 Å². The Morgan fingerprint density at radius 3 is 2.42 bits per heavy atom. The fourth-order valence-corrected chi connectivity index (χ4v) is 2.53. The molecule has 0 bridgehead atoms. The zero-order valence-electron chi connectivity index (χ0n) is 14.8. The van der Waals surface area contributed by atoms with Crippen LogP contribution in [-0.2, 0) is 17.7 Å². The number of guanidine groups is 1. The van der Waals surface area contributed by atoms with Gasteiger partial charge in [0.1, 0.15) is 0 Å². The first-order valence-electron chi connectivity index (χ1n) is 7.99. The van der Waals surface area contributed by atoms with Crippen LogP contribution in [0.2, 0.25) is 5.02 Å². The highest BCUT2D eigenvalue weighted by Crippen LogP contribution is 2.14. The molecule has 7 heteroatoms. The fraction of sp³-hybridized carbons (Fsp3) is 0.263. The summed E-state index contributed by atoms with van der Waals surface area (Å²) in [6, 6.07) is 15.1. The summed E-state index contributed by atoms with van der Waals surface area (Å²) in [5, 5.41) is 7.28. The quantitative estimate of drug-likeness (QED) is 0.283. The van der Waals surface area contributed by atoms with Crippen molar-refractivity contribution in [2.45, 2.75) is 13.0 Å². The molecule has 0 fully saturated rings. The van der Waals surface area contributed by atoms with Gasteiger partial charge < -0.3 is 15.4 Å². The Kier molecular flexibility index (Phi) is 10.0. The molecule has 26 heavy (non-hydrogen) atoms. The molecule has 0 radical (unpaired) electrons. The van der Waals surface area contributed by atoms with Gasteiger partial charge in [0.25, 0.3) is 0 Å². The smallest absolute Gasteiger partial charge is 0.337 e. The van der Waals surface area contributed by atoms with E-state index in [1.54, 1.807) is 19.2 Å². The van der Waals surface area contributed by atoms with E-state index in [4.69, 9.17) is 11.6 Å². The second-order valence-electron chi connectivity index (χ2n) is 5.38. The standard InChI is InChI=1S/C19H22ClN3O2.HI/c1-21-19(22-12-11-15-5-3-4-6-17(15)20)23-13-14-7-9-16(10-8-14)18(24)25-2;/h3-10H,11-13H2,1-2H3,(H2,21,22,23);1H. The summed E-state index contributed by atoms with van der Waals surface area (Å²) >= 11 is 6.15. The predicted octanol–water partition coefficient (Wildman–Crippen LogP) is 3.65. The van der Waals surface area contributed by atoms with Gasteiger partial charge in [0.15, 0.2) is 5.96 Å². The molecule has 2 aromatic carbocycles. The molecule has 0 saturated heterocycles. The summed E-state index contributed by atoms with van der Waals surface area (Å²) in [6.07, 6.45) is 0.814. The van der Waals surface area contributed by atoms with E-state index in [-0.39, 0.29) is 29.9 Å². The molecule has 0 atom stereocenters. The van der Waals surface area contributed by atoms with Gasteiger partial charge in [-0.25, -0.2) is 4.79 Å². The highest BCUT2D eigenvalue weighted by Gasteiger charge is 2.05. The Labute approximate surface area is 176 Å². The van der Waals surface area contributed by atoms with Crippen molar-refractivity contribution < 1.29 is 9.53 Å². The van der Waals surface area contributed by atoms with Crippen LogP contribution in [0.4, 0.5) is 0 Å². The molecule has 2 N–H and O–H groups in total. The van der Waals surface area contributed by atoms with E-state index in [9.17, 15) is 4.79 Å². The van der Waals surface area contributed by atoms with Crippen LogP contribution < -0.4 is 10.6 Å². The molecule has 0 spiro atoms. The molecule has 0 amide bonds. The van der Waals surface area contributed by atoms with Crippen molar-refractivity contribution in [3.8, 4) is 0 Å². The van der Waals surface area contributed by atoms with E-state index >= 15 is 0 Å². The second-order valence-corrected chi connectivity index (χ2v) is 5.79. The fourth-order valence-electron chi connectivity index (χ4n) is 2.30. The number of methoxy groups -OCH3 is 1. The van der Waals surface area contributed by atoms with Crippen LogP contribution in [0.15, 0.2) is 53.5 Å². The maximum absolute atomic E-state index is 11.4. The first kappa shape index (κ1) is 22.2. The molecule has 0 saturated carbocycles. The number of carbonyl (C=O) groups excluding carboxylic acids is 1. The van der Waals surface area contributed by atoms with E-state index in [1.807, 2.05) is 36.4 Å². The van der Waals surface area contributed by atoms with Crippen LogP contribution in [0.3, 0.4) is 0 Å². The summed E-state index contributed by atoms with van der Waals surface area (Å²) in [7, 11) is 3.10. The van der Waals surface area contributed by atoms with Crippen LogP contribution >= 0.6 is 35.6 Å². The lowest BCUT2D eigenvalue weighted by Crippen LogP contribution is -2.37. The van der Waals surface area contributed by atoms with Crippen LogP contribution in [0.1, 0.15) is 21.5 Å². The maximum atomic E-state index is 11.4. The molecule has 0 heterocycles. The van der Waals surface area contributed by atoms with Crippen LogP contribution in [0, 0.1) is 0 Å². The number of nitrogens with zero attached hydrogens (tertiary/aromatic N) is 1. The lowest BCUT2D eigenvalue weighted by Gasteiger charge is -2.12. The summed E-state index contributed by atoms with van der Waals surface area (Å²) in [5.74, 6) is 0.376. The molecule has 2 rings (SSSR count). The molecular weight excluding hydrogens is 465 g/mol. The number of hydrogen-bond acceptors (Lipinski definition) is 3. The molecule has 0 aliphatic heterocycles. The number of hydrogen-bond donors (Lipinski definition) is 2. The summed E-state index contributed by atoms with van der Waals surface area (Å²) in [5.41, 5.74) is 2.68. The van der Waals surface area contributed by atoms with Gasteiger partial charge in [0.05, 0.1) is 12.7 Å². The van der Waals surface area contributed by atoms with E-state index in [0.29, 0.717) is 18.1 Å². The average Bonchev–Trinajstić information content (AvgIpc) is 2.65. The first-order valence-corrected chi connectivity index (χ1v) is 8.37. The van der Waals surface area contributed by atoms with Crippen molar-refractivity contribution in [1.82, 2.24) is 10.6 Å². The monoisotopic (exact) mass is 487 g/mol. The summed E-state index contributed by atoms with van der Waals surface area (Å²) in [6.45, 7) is 1.33. The zero-order valence-corrected chi connectivity index (χ0v) is 17.9. The normalized spacial score (nSPS) is 10.7. The van der Waals surface area contributed by atoms with Crippen LogP contribution in [-0.4, -0.2) is 32.6 Å². The topological polar surface area (TPSA) is 62.7 Å².